The zero-order chi connectivity index (χ0) is 19.2. The largest absolute Gasteiger partial charge is 0.493 e. The molecule has 1 aromatic rings. The molecule has 0 bridgehead atoms. The summed E-state index contributed by atoms with van der Waals surface area (Å²) in [4.78, 5) is -0.330. The van der Waals surface area contributed by atoms with E-state index in [1.165, 1.54) is 12.1 Å². The van der Waals surface area contributed by atoms with Crippen LogP contribution >= 0.6 is 0 Å². The van der Waals surface area contributed by atoms with Crippen molar-refractivity contribution in [3.63, 3.8) is 0 Å². The average Bonchev–Trinajstić information content (AvgIpc) is 2.58. The van der Waals surface area contributed by atoms with Crippen molar-refractivity contribution in [1.82, 2.24) is 0 Å². The normalized spacial score (nSPS) is 17.9. The van der Waals surface area contributed by atoms with Crippen LogP contribution in [0.1, 0.15) is 26.2 Å². The molecule has 0 amide bonds. The van der Waals surface area contributed by atoms with E-state index in [1.807, 2.05) is 6.92 Å². The third-order valence-corrected chi connectivity index (χ3v) is 6.66. The van der Waals surface area contributed by atoms with E-state index >= 15 is 0 Å². The maximum Gasteiger partial charge on any atom is 0.181 e. The highest BCUT2D eigenvalue weighted by Crippen LogP contribution is 2.34. The van der Waals surface area contributed by atoms with Crippen molar-refractivity contribution in [1.29, 1.82) is 0 Å². The molecule has 146 valence electrons. The van der Waals surface area contributed by atoms with E-state index in [-0.39, 0.29) is 36.0 Å². The first-order chi connectivity index (χ1) is 12.3. The van der Waals surface area contributed by atoms with E-state index in [1.54, 1.807) is 0 Å². The fourth-order valence-corrected chi connectivity index (χ4v) is 4.86. The number of nitrogens with two attached hydrogens (primary N) is 1. The lowest BCUT2D eigenvalue weighted by molar-refractivity contribution is 0.0341. The lowest BCUT2D eigenvalue weighted by Crippen LogP contribution is -2.33. The number of ether oxygens (including phenoxy) is 2. The first-order valence-corrected chi connectivity index (χ1v) is 10.2. The van der Waals surface area contributed by atoms with Crippen LogP contribution in [0, 0.1) is 11.2 Å². The zero-order valence-corrected chi connectivity index (χ0v) is 15.7. The van der Waals surface area contributed by atoms with Gasteiger partial charge in [0.05, 0.1) is 18.7 Å². The van der Waals surface area contributed by atoms with E-state index in [0.29, 0.717) is 38.0 Å². The Morgan fingerprint density at radius 1 is 1.38 bits per heavy atom. The number of hydrogen-bond donors (Lipinski definition) is 1. The summed E-state index contributed by atoms with van der Waals surface area (Å²) in [6.07, 6.45) is 1.95. The molecule has 1 aromatic carbocycles. The van der Waals surface area contributed by atoms with Gasteiger partial charge in [-0.2, -0.15) is 0 Å². The van der Waals surface area contributed by atoms with Crippen LogP contribution in [-0.2, 0) is 14.6 Å². The van der Waals surface area contributed by atoms with Gasteiger partial charge >= 0.3 is 0 Å². The summed E-state index contributed by atoms with van der Waals surface area (Å²) < 4.78 is 62.7. The molecule has 2 N–H and O–H groups in total. The van der Waals surface area contributed by atoms with Gasteiger partial charge in [-0.3, -0.25) is 0 Å². The van der Waals surface area contributed by atoms with Gasteiger partial charge in [-0.05, 0) is 36.0 Å². The van der Waals surface area contributed by atoms with Gasteiger partial charge in [0, 0.05) is 32.2 Å². The topological polar surface area (TPSA) is 78.6 Å². The molecule has 0 radical (unpaired) electrons. The summed E-state index contributed by atoms with van der Waals surface area (Å²) in [6.45, 7) is 3.11. The molecule has 1 fully saturated rings. The highest BCUT2D eigenvalue weighted by molar-refractivity contribution is 7.91. The summed E-state index contributed by atoms with van der Waals surface area (Å²) >= 11 is 0. The Balaban J connectivity index is 2.05. The molecule has 26 heavy (non-hydrogen) atoms. The smallest absolute Gasteiger partial charge is 0.181 e. The Bertz CT molecular complexity index is 744. The molecule has 0 unspecified atom stereocenters. The standard InChI is InChI=1S/C18H25F2NO4S/c1-18(5-8-24-9-6-18)13-26(22,23)17-3-2-15(10-16(17)20)25-7-4-14(11-19)12-21/h2-3,10-11H,4-9,12-13,21H2,1H3/b14-11-. The van der Waals surface area contributed by atoms with Gasteiger partial charge in [-0.15, -0.1) is 0 Å². The molecule has 1 heterocycles. The van der Waals surface area contributed by atoms with Gasteiger partial charge in [-0.25, -0.2) is 17.2 Å². The lowest BCUT2D eigenvalue weighted by atomic mass is 9.85. The quantitative estimate of drug-likeness (QED) is 0.739. The van der Waals surface area contributed by atoms with Crippen molar-refractivity contribution < 1.29 is 26.7 Å². The van der Waals surface area contributed by atoms with E-state index in [0.717, 1.165) is 6.07 Å². The molecule has 1 saturated heterocycles. The Morgan fingerprint density at radius 3 is 2.65 bits per heavy atom. The molecule has 0 aromatic heterocycles. The summed E-state index contributed by atoms with van der Waals surface area (Å²) in [7, 11) is -3.77. The van der Waals surface area contributed by atoms with Gasteiger partial charge in [0.15, 0.2) is 9.84 Å². The van der Waals surface area contributed by atoms with Crippen molar-refractivity contribution in [2.75, 3.05) is 32.1 Å². The van der Waals surface area contributed by atoms with Crippen LogP contribution in [-0.4, -0.2) is 40.5 Å². The molecule has 0 aliphatic carbocycles. The second kappa shape index (κ2) is 8.92. The molecule has 1 aliphatic heterocycles. The minimum Gasteiger partial charge on any atom is -0.493 e. The molecule has 0 atom stereocenters. The predicted octanol–water partition coefficient (Wildman–Crippen LogP) is 3.00. The summed E-state index contributed by atoms with van der Waals surface area (Å²) in [5.41, 5.74) is 5.31. The van der Waals surface area contributed by atoms with E-state index in [4.69, 9.17) is 15.2 Å². The van der Waals surface area contributed by atoms with Gasteiger partial charge < -0.3 is 15.2 Å². The monoisotopic (exact) mass is 389 g/mol. The second-order valence-corrected chi connectivity index (χ2v) is 8.80. The van der Waals surface area contributed by atoms with Crippen molar-refractivity contribution >= 4 is 9.84 Å². The Hall–Kier alpha value is -1.51. The highest BCUT2D eigenvalue weighted by Gasteiger charge is 2.34. The van der Waals surface area contributed by atoms with E-state index in [9.17, 15) is 17.2 Å². The SMILES string of the molecule is CC1(CS(=O)(=O)c2ccc(OCC/C(=C/F)CN)cc2F)CCOCC1. The van der Waals surface area contributed by atoms with E-state index in [2.05, 4.69) is 0 Å². The fraction of sp³-hybridized carbons (Fsp3) is 0.556. The molecule has 1 aliphatic rings. The van der Waals surface area contributed by atoms with Crippen LogP contribution in [0.15, 0.2) is 35.0 Å². The summed E-state index contributed by atoms with van der Waals surface area (Å²) in [6, 6.07) is 3.67. The average molecular weight is 389 g/mol. The maximum atomic E-state index is 14.4. The molecule has 0 saturated carbocycles. The number of halogens is 2. The molecule has 5 nitrogen and oxygen atoms in total. The van der Waals surface area contributed by atoms with Gasteiger partial charge in [0.25, 0.3) is 0 Å². The molecular weight excluding hydrogens is 364 g/mol. The lowest BCUT2D eigenvalue weighted by Gasteiger charge is -2.33. The summed E-state index contributed by atoms with van der Waals surface area (Å²) in [5, 5.41) is 0. The maximum absolute atomic E-state index is 14.4. The Morgan fingerprint density at radius 2 is 2.08 bits per heavy atom. The molecular formula is C18H25F2NO4S. The van der Waals surface area contributed by atoms with Gasteiger partial charge in [0.2, 0.25) is 0 Å². The minimum atomic E-state index is -3.77. The minimum absolute atomic E-state index is 0.0786. The van der Waals surface area contributed by atoms with Gasteiger partial charge in [0.1, 0.15) is 16.5 Å². The molecule has 2 rings (SSSR count). The fourth-order valence-electron chi connectivity index (χ4n) is 2.87. The Kier molecular flexibility index (Phi) is 7.14. The van der Waals surface area contributed by atoms with Crippen LogP contribution in [0.5, 0.6) is 5.75 Å². The highest BCUT2D eigenvalue weighted by atomic mass is 32.2. The third kappa shape index (κ3) is 5.49. The third-order valence-electron chi connectivity index (χ3n) is 4.59. The van der Waals surface area contributed by atoms with Crippen LogP contribution in [0.4, 0.5) is 8.78 Å². The van der Waals surface area contributed by atoms with E-state index < -0.39 is 21.1 Å². The summed E-state index contributed by atoms with van der Waals surface area (Å²) in [5.74, 6) is -0.783. The zero-order valence-electron chi connectivity index (χ0n) is 14.8. The van der Waals surface area contributed by atoms with Crippen LogP contribution < -0.4 is 10.5 Å². The van der Waals surface area contributed by atoms with Crippen LogP contribution in [0.25, 0.3) is 0 Å². The van der Waals surface area contributed by atoms with Crippen molar-refractivity contribution in [3.8, 4) is 5.75 Å². The van der Waals surface area contributed by atoms with Crippen molar-refractivity contribution in [2.24, 2.45) is 11.1 Å². The van der Waals surface area contributed by atoms with Crippen LogP contribution in [0.2, 0.25) is 0 Å². The van der Waals surface area contributed by atoms with Crippen molar-refractivity contribution in [3.05, 3.63) is 35.9 Å². The first-order valence-electron chi connectivity index (χ1n) is 8.51. The second-order valence-electron chi connectivity index (χ2n) is 6.84. The van der Waals surface area contributed by atoms with Crippen molar-refractivity contribution in [2.45, 2.75) is 31.1 Å². The van der Waals surface area contributed by atoms with Crippen LogP contribution in [0.3, 0.4) is 0 Å². The Labute approximate surface area is 153 Å². The molecule has 0 spiro atoms. The van der Waals surface area contributed by atoms with Gasteiger partial charge in [-0.1, -0.05) is 6.92 Å². The number of rotatable bonds is 8. The number of benzene rings is 1. The first kappa shape index (κ1) is 20.8. The number of sulfone groups is 1. The number of hydrogen-bond acceptors (Lipinski definition) is 5. The predicted molar refractivity (Wildman–Crippen MR) is 95.0 cm³/mol. The molecule has 8 heteroatoms.